The molecule has 2 aromatic carbocycles. The van der Waals surface area contributed by atoms with E-state index in [9.17, 15) is 14.0 Å². The van der Waals surface area contributed by atoms with E-state index < -0.39 is 5.41 Å². The molecule has 0 saturated heterocycles. The molecule has 168 valence electrons. The summed E-state index contributed by atoms with van der Waals surface area (Å²) in [6.07, 6.45) is 1.57. The number of hydrogen-bond donors (Lipinski definition) is 3. The number of halogens is 1. The maximum Gasteiger partial charge on any atom is 0.255 e. The predicted octanol–water partition coefficient (Wildman–Crippen LogP) is 4.30. The van der Waals surface area contributed by atoms with Gasteiger partial charge in [-0.2, -0.15) is 5.10 Å². The Hall–Kier alpha value is -4.01. The minimum Gasteiger partial charge on any atom is -0.337 e. The van der Waals surface area contributed by atoms with Crippen molar-refractivity contribution >= 4 is 34.2 Å². The van der Waals surface area contributed by atoms with Gasteiger partial charge in [-0.1, -0.05) is 0 Å². The number of amides is 2. The van der Waals surface area contributed by atoms with Crippen molar-refractivity contribution < 1.29 is 14.0 Å². The number of imidazole rings is 1. The number of rotatable bonds is 4. The molecule has 0 aliphatic carbocycles. The first-order valence-electron chi connectivity index (χ1n) is 10.7. The molecule has 1 aliphatic heterocycles. The van der Waals surface area contributed by atoms with Gasteiger partial charge in [0.2, 0.25) is 5.91 Å². The Labute approximate surface area is 189 Å². The molecule has 9 heteroatoms. The van der Waals surface area contributed by atoms with E-state index in [1.807, 2.05) is 32.9 Å². The van der Waals surface area contributed by atoms with Gasteiger partial charge in [0, 0.05) is 18.3 Å². The highest BCUT2D eigenvalue weighted by Crippen LogP contribution is 2.43. The standard InChI is InChI=1S/C24H23FN6O2/c1-5-31-19-10-17-16(9-14(19)24(3,4)23(31)33)27-21(28-17)20-18(11-26-30-20)29-22(32)13-6-7-15(25)12(2)8-13/h6-11H,5H2,1-4H3,(H,26,30)(H,27,28)(H,29,32). The summed E-state index contributed by atoms with van der Waals surface area (Å²) in [7, 11) is 0. The van der Waals surface area contributed by atoms with Crippen molar-refractivity contribution in [1.29, 1.82) is 0 Å². The third-order valence-corrected chi connectivity index (χ3v) is 6.19. The number of carbonyl (C=O) groups is 2. The molecule has 3 heterocycles. The molecule has 8 nitrogen and oxygen atoms in total. The van der Waals surface area contributed by atoms with Crippen molar-refractivity contribution in [2.24, 2.45) is 0 Å². The lowest BCUT2D eigenvalue weighted by atomic mass is 9.86. The van der Waals surface area contributed by atoms with E-state index >= 15 is 0 Å². The topological polar surface area (TPSA) is 107 Å². The number of likely N-dealkylation sites (N-methyl/N-ethyl adjacent to an activating group) is 1. The average Bonchev–Trinajstić information content (AvgIpc) is 3.45. The van der Waals surface area contributed by atoms with Crippen molar-refractivity contribution in [3.8, 4) is 11.5 Å². The Balaban J connectivity index is 1.50. The van der Waals surface area contributed by atoms with E-state index in [1.165, 1.54) is 18.2 Å². The van der Waals surface area contributed by atoms with Crippen LogP contribution in [-0.4, -0.2) is 38.5 Å². The molecular formula is C24H23FN6O2. The molecule has 5 rings (SSSR count). The molecule has 0 bridgehead atoms. The van der Waals surface area contributed by atoms with Crippen LogP contribution in [0.2, 0.25) is 0 Å². The lowest BCUT2D eigenvalue weighted by Gasteiger charge is -2.18. The quantitative estimate of drug-likeness (QED) is 0.435. The highest BCUT2D eigenvalue weighted by Gasteiger charge is 2.43. The molecular weight excluding hydrogens is 423 g/mol. The zero-order chi connectivity index (χ0) is 23.5. The fourth-order valence-corrected chi connectivity index (χ4v) is 4.30. The van der Waals surface area contributed by atoms with Crippen LogP contribution in [0.25, 0.3) is 22.6 Å². The van der Waals surface area contributed by atoms with Gasteiger partial charge in [-0.15, -0.1) is 0 Å². The van der Waals surface area contributed by atoms with Crippen LogP contribution in [0.3, 0.4) is 0 Å². The van der Waals surface area contributed by atoms with Crippen LogP contribution in [0.4, 0.5) is 15.8 Å². The van der Waals surface area contributed by atoms with E-state index in [1.54, 1.807) is 18.0 Å². The van der Waals surface area contributed by atoms with E-state index in [4.69, 9.17) is 0 Å². The van der Waals surface area contributed by atoms with E-state index in [0.717, 1.165) is 16.8 Å². The highest BCUT2D eigenvalue weighted by atomic mass is 19.1. The summed E-state index contributed by atoms with van der Waals surface area (Å²) in [5.41, 5.74) is 4.28. The van der Waals surface area contributed by atoms with Crippen LogP contribution in [0.15, 0.2) is 36.5 Å². The molecule has 0 spiro atoms. The third-order valence-electron chi connectivity index (χ3n) is 6.19. The molecule has 3 N–H and O–H groups in total. The Morgan fingerprint density at radius 2 is 2.03 bits per heavy atom. The van der Waals surface area contributed by atoms with Gasteiger partial charge in [0.1, 0.15) is 5.82 Å². The molecule has 0 saturated carbocycles. The molecule has 2 aromatic heterocycles. The molecule has 0 fully saturated rings. The number of aryl methyl sites for hydroxylation is 1. The summed E-state index contributed by atoms with van der Waals surface area (Å²) in [5.74, 6) is -0.195. The fourth-order valence-electron chi connectivity index (χ4n) is 4.30. The lowest BCUT2D eigenvalue weighted by Crippen LogP contribution is -2.35. The van der Waals surface area contributed by atoms with Crippen molar-refractivity contribution in [2.75, 3.05) is 16.8 Å². The number of aromatic nitrogens is 4. The molecule has 4 aromatic rings. The van der Waals surface area contributed by atoms with Gasteiger partial charge in [-0.3, -0.25) is 14.7 Å². The molecule has 0 unspecified atom stereocenters. The second-order valence-electron chi connectivity index (χ2n) is 8.71. The van der Waals surface area contributed by atoms with Gasteiger partial charge in [-0.25, -0.2) is 9.37 Å². The Morgan fingerprint density at radius 1 is 1.24 bits per heavy atom. The lowest BCUT2D eigenvalue weighted by molar-refractivity contribution is -0.122. The smallest absolute Gasteiger partial charge is 0.255 e. The van der Waals surface area contributed by atoms with Crippen LogP contribution in [-0.2, 0) is 10.2 Å². The number of carbonyl (C=O) groups excluding carboxylic acids is 2. The Kier molecular flexibility index (Phi) is 4.59. The maximum atomic E-state index is 13.5. The largest absolute Gasteiger partial charge is 0.337 e. The van der Waals surface area contributed by atoms with E-state index in [0.29, 0.717) is 40.4 Å². The van der Waals surface area contributed by atoms with Crippen molar-refractivity contribution in [2.45, 2.75) is 33.1 Å². The SMILES string of the molecule is CCN1C(=O)C(C)(C)c2cc3[nH]c(-c4n[nH]cc4NC(=O)c4ccc(F)c(C)c4)nc3cc21. The number of aromatic amines is 2. The molecule has 1 aliphatic rings. The number of anilines is 2. The minimum absolute atomic E-state index is 0.0706. The fraction of sp³-hybridized carbons (Fsp3) is 0.250. The van der Waals surface area contributed by atoms with Crippen molar-refractivity contribution in [1.82, 2.24) is 20.2 Å². The number of hydrogen-bond acceptors (Lipinski definition) is 4. The number of fused-ring (bicyclic) bond motifs is 2. The average molecular weight is 446 g/mol. The first-order valence-corrected chi connectivity index (χ1v) is 10.7. The molecule has 0 radical (unpaired) electrons. The molecule has 0 atom stereocenters. The number of nitrogens with zero attached hydrogens (tertiary/aromatic N) is 3. The molecule has 2 amide bonds. The number of nitrogens with one attached hydrogen (secondary N) is 3. The van der Waals surface area contributed by atoms with Gasteiger partial charge < -0.3 is 15.2 Å². The van der Waals surface area contributed by atoms with Gasteiger partial charge >= 0.3 is 0 Å². The third kappa shape index (κ3) is 3.19. The number of H-pyrrole nitrogens is 2. The summed E-state index contributed by atoms with van der Waals surface area (Å²) >= 11 is 0. The Morgan fingerprint density at radius 3 is 2.76 bits per heavy atom. The monoisotopic (exact) mass is 446 g/mol. The zero-order valence-electron chi connectivity index (χ0n) is 18.7. The highest BCUT2D eigenvalue weighted by molar-refractivity contribution is 6.09. The summed E-state index contributed by atoms with van der Waals surface area (Å²) in [5, 5.41) is 9.82. The maximum absolute atomic E-state index is 13.5. The van der Waals surface area contributed by atoms with Crippen molar-refractivity contribution in [3.63, 3.8) is 0 Å². The summed E-state index contributed by atoms with van der Waals surface area (Å²) in [6.45, 7) is 7.98. The second kappa shape index (κ2) is 7.26. The van der Waals surface area contributed by atoms with Gasteiger partial charge in [0.15, 0.2) is 11.5 Å². The van der Waals surface area contributed by atoms with Crippen LogP contribution in [0.5, 0.6) is 0 Å². The first-order chi connectivity index (χ1) is 15.7. The Bertz CT molecular complexity index is 1430. The second-order valence-corrected chi connectivity index (χ2v) is 8.71. The van der Waals surface area contributed by atoms with Crippen LogP contribution < -0.4 is 10.2 Å². The van der Waals surface area contributed by atoms with Gasteiger partial charge in [0.25, 0.3) is 5.91 Å². The van der Waals surface area contributed by atoms with Crippen molar-refractivity contribution in [3.05, 3.63) is 59.0 Å². The van der Waals surface area contributed by atoms with Crippen LogP contribution >= 0.6 is 0 Å². The van der Waals surface area contributed by atoms with Gasteiger partial charge in [-0.05, 0) is 69.2 Å². The minimum atomic E-state index is -0.621. The van der Waals surface area contributed by atoms with Crippen LogP contribution in [0.1, 0.15) is 42.3 Å². The summed E-state index contributed by atoms with van der Waals surface area (Å²) < 4.78 is 13.5. The van der Waals surface area contributed by atoms with E-state index in [-0.39, 0.29) is 17.6 Å². The molecule has 33 heavy (non-hydrogen) atoms. The van der Waals surface area contributed by atoms with E-state index in [2.05, 4.69) is 25.5 Å². The first kappa shape index (κ1) is 20.9. The predicted molar refractivity (Wildman–Crippen MR) is 124 cm³/mol. The number of benzene rings is 2. The normalized spacial score (nSPS) is 14.7. The summed E-state index contributed by atoms with van der Waals surface area (Å²) in [4.78, 5) is 35.2. The zero-order valence-corrected chi connectivity index (χ0v) is 18.7. The van der Waals surface area contributed by atoms with Crippen LogP contribution in [0, 0.1) is 12.7 Å². The summed E-state index contributed by atoms with van der Waals surface area (Å²) in [6, 6.07) is 8.07. The van der Waals surface area contributed by atoms with Gasteiger partial charge in [0.05, 0.1) is 27.8 Å².